The van der Waals surface area contributed by atoms with E-state index in [1.165, 1.54) is 30.5 Å². The number of oxazole rings is 1. The molecule has 1 aromatic carbocycles. The molecule has 2 N–H and O–H groups in total. The minimum Gasteiger partial charge on any atom is -0.494 e. The number of H-pyrrole nitrogens is 1. The quantitative estimate of drug-likeness (QED) is 0.422. The molecule has 0 aliphatic carbocycles. The molecule has 0 saturated carbocycles. The number of ketones is 1. The number of thiazole rings is 1. The number of carbonyl (C=O) groups is 1. The van der Waals surface area contributed by atoms with Crippen LogP contribution in [0.2, 0.25) is 0 Å². The third kappa shape index (κ3) is 4.69. The van der Waals surface area contributed by atoms with E-state index in [4.69, 9.17) is 9.15 Å². The summed E-state index contributed by atoms with van der Waals surface area (Å²) in [5, 5.41) is 9.64. The van der Waals surface area contributed by atoms with E-state index in [1.54, 1.807) is 19.1 Å². The van der Waals surface area contributed by atoms with Crippen LogP contribution in [0, 0.1) is 12.7 Å². The Morgan fingerprint density at radius 3 is 2.68 bits per heavy atom. The first kappa shape index (κ1) is 20.5. The number of hydrogen-bond donors (Lipinski definition) is 2. The number of rotatable bonds is 7. The number of benzene rings is 1. The van der Waals surface area contributed by atoms with Crippen molar-refractivity contribution in [3.8, 4) is 23.1 Å². The molecule has 158 valence electrons. The third-order valence-corrected chi connectivity index (χ3v) is 5.23. The van der Waals surface area contributed by atoms with Gasteiger partial charge in [0.15, 0.2) is 12.3 Å². The molecule has 4 aromatic rings. The van der Waals surface area contributed by atoms with Crippen LogP contribution in [0.25, 0.3) is 11.5 Å². The molecule has 0 saturated heterocycles. The Hall–Kier alpha value is -3.79. The Balaban J connectivity index is 1.39. The van der Waals surface area contributed by atoms with Gasteiger partial charge in [0.1, 0.15) is 17.3 Å². The zero-order valence-corrected chi connectivity index (χ0v) is 17.0. The predicted molar refractivity (Wildman–Crippen MR) is 110 cm³/mol. The first-order valence-corrected chi connectivity index (χ1v) is 9.96. The van der Waals surface area contributed by atoms with Gasteiger partial charge in [-0.1, -0.05) is 11.3 Å². The number of carbonyl (C=O) groups excluding carboxylic acids is 1. The van der Waals surface area contributed by atoms with Crippen molar-refractivity contribution in [1.29, 1.82) is 0 Å². The molecule has 0 fully saturated rings. The molecule has 4 rings (SSSR count). The summed E-state index contributed by atoms with van der Waals surface area (Å²) in [5.74, 6) is 0.0285. The molecule has 0 atom stereocenters. The fourth-order valence-electron chi connectivity index (χ4n) is 2.83. The minimum absolute atomic E-state index is 0.141. The Labute approximate surface area is 179 Å². The number of nitrogens with one attached hydrogen (secondary N) is 1. The molecule has 0 spiro atoms. The van der Waals surface area contributed by atoms with E-state index in [2.05, 4.69) is 15.0 Å². The first-order valence-electron chi connectivity index (χ1n) is 9.14. The average Bonchev–Trinajstić information content (AvgIpc) is 3.29. The molecule has 10 heteroatoms. The van der Waals surface area contributed by atoms with Crippen LogP contribution in [-0.4, -0.2) is 32.4 Å². The number of aryl methyl sites for hydroxylation is 1. The van der Waals surface area contributed by atoms with E-state index in [1.807, 2.05) is 0 Å². The Bertz CT molecular complexity index is 1280. The predicted octanol–water partition coefficient (Wildman–Crippen LogP) is 3.49. The molecule has 0 radical (unpaired) electrons. The van der Waals surface area contributed by atoms with Gasteiger partial charge in [0.25, 0.3) is 0 Å². The third-order valence-electron chi connectivity index (χ3n) is 4.36. The lowest BCUT2D eigenvalue weighted by Gasteiger charge is -2.05. The lowest BCUT2D eigenvalue weighted by Crippen LogP contribution is -2.13. The van der Waals surface area contributed by atoms with E-state index in [-0.39, 0.29) is 40.5 Å². The zero-order valence-electron chi connectivity index (χ0n) is 16.2. The van der Waals surface area contributed by atoms with Crippen molar-refractivity contribution in [2.75, 3.05) is 6.61 Å². The number of aromatic nitrogens is 3. The molecule has 0 amide bonds. The first-order chi connectivity index (χ1) is 14.9. The van der Waals surface area contributed by atoms with Crippen LogP contribution in [0.4, 0.5) is 4.39 Å². The second-order valence-corrected chi connectivity index (χ2v) is 7.66. The monoisotopic (exact) mass is 441 g/mol. The number of Topliss-reactive ketones (excluding diaryl/α,β-unsaturated/α-hetero) is 1. The lowest BCUT2D eigenvalue weighted by atomic mass is 10.2. The molecule has 31 heavy (non-hydrogen) atoms. The van der Waals surface area contributed by atoms with Gasteiger partial charge in [-0.15, -0.1) is 0 Å². The molecule has 0 bridgehead atoms. The summed E-state index contributed by atoms with van der Waals surface area (Å²) in [5.41, 5.74) is 1.32. The van der Waals surface area contributed by atoms with Gasteiger partial charge in [-0.05, 0) is 43.3 Å². The van der Waals surface area contributed by atoms with Crippen molar-refractivity contribution in [2.24, 2.45) is 0 Å². The van der Waals surface area contributed by atoms with E-state index >= 15 is 0 Å². The summed E-state index contributed by atoms with van der Waals surface area (Å²) >= 11 is 0.916. The number of aromatic hydroxyl groups is 1. The minimum atomic E-state index is -0.378. The highest BCUT2D eigenvalue weighted by molar-refractivity contribution is 7.09. The highest BCUT2D eigenvalue weighted by atomic mass is 32.1. The number of halogens is 1. The van der Waals surface area contributed by atoms with Crippen LogP contribution in [-0.2, 0) is 6.42 Å². The molecule has 0 unspecified atom stereocenters. The van der Waals surface area contributed by atoms with Gasteiger partial charge < -0.3 is 14.3 Å². The average molecular weight is 441 g/mol. The molecule has 0 aliphatic rings. The topological polar surface area (TPSA) is 118 Å². The number of pyridine rings is 1. The van der Waals surface area contributed by atoms with Crippen molar-refractivity contribution in [3.63, 3.8) is 0 Å². The summed E-state index contributed by atoms with van der Waals surface area (Å²) in [4.78, 5) is 34.6. The maximum atomic E-state index is 13.1. The van der Waals surface area contributed by atoms with Gasteiger partial charge in [0.05, 0.1) is 11.1 Å². The van der Waals surface area contributed by atoms with Gasteiger partial charge >= 0.3 is 4.87 Å². The van der Waals surface area contributed by atoms with Crippen molar-refractivity contribution in [3.05, 3.63) is 80.1 Å². The van der Waals surface area contributed by atoms with Gasteiger partial charge in [-0.25, -0.2) is 9.37 Å². The van der Waals surface area contributed by atoms with Crippen LogP contribution >= 0.6 is 11.3 Å². The second-order valence-electron chi connectivity index (χ2n) is 6.59. The number of ether oxygens (including phenoxy) is 1. The molecular formula is C21H16FN3O5S. The Morgan fingerprint density at radius 1 is 1.26 bits per heavy atom. The smallest absolute Gasteiger partial charge is 0.307 e. The highest BCUT2D eigenvalue weighted by Gasteiger charge is 2.19. The molecule has 0 aliphatic heterocycles. The van der Waals surface area contributed by atoms with Crippen LogP contribution in [0.5, 0.6) is 11.6 Å². The fraction of sp³-hybridized carbons (Fsp3) is 0.143. The molecular weight excluding hydrogens is 425 g/mol. The van der Waals surface area contributed by atoms with Crippen molar-refractivity contribution < 1.29 is 23.4 Å². The van der Waals surface area contributed by atoms with E-state index in [9.17, 15) is 19.1 Å². The largest absolute Gasteiger partial charge is 0.494 e. The summed E-state index contributed by atoms with van der Waals surface area (Å²) in [6.07, 6.45) is 1.74. The summed E-state index contributed by atoms with van der Waals surface area (Å²) in [6.45, 7) is 1.35. The number of hydrogen-bond acceptors (Lipinski definition) is 8. The lowest BCUT2D eigenvalue weighted by molar-refractivity contribution is 0.0915. The molecule has 8 nitrogen and oxygen atoms in total. The van der Waals surface area contributed by atoms with Crippen LogP contribution in [0.1, 0.15) is 26.8 Å². The normalized spacial score (nSPS) is 10.9. The van der Waals surface area contributed by atoms with Gasteiger partial charge in [-0.2, -0.15) is 0 Å². The van der Waals surface area contributed by atoms with Crippen molar-refractivity contribution >= 4 is 17.1 Å². The summed E-state index contributed by atoms with van der Waals surface area (Å²) in [7, 11) is 0. The van der Waals surface area contributed by atoms with E-state index in [0.717, 1.165) is 11.3 Å². The highest BCUT2D eigenvalue weighted by Crippen LogP contribution is 2.23. The van der Waals surface area contributed by atoms with Gasteiger partial charge in [0.2, 0.25) is 17.6 Å². The summed E-state index contributed by atoms with van der Waals surface area (Å²) in [6, 6.07) is 8.93. The Kier molecular flexibility index (Phi) is 5.63. The van der Waals surface area contributed by atoms with Crippen molar-refractivity contribution in [1.82, 2.24) is 15.0 Å². The summed E-state index contributed by atoms with van der Waals surface area (Å²) < 4.78 is 24.1. The molecule has 3 heterocycles. The van der Waals surface area contributed by atoms with Crippen LogP contribution < -0.4 is 9.61 Å². The maximum Gasteiger partial charge on any atom is 0.307 e. The van der Waals surface area contributed by atoms with Gasteiger partial charge in [-0.3, -0.25) is 19.6 Å². The second kappa shape index (κ2) is 8.52. The van der Waals surface area contributed by atoms with E-state index < -0.39 is 0 Å². The van der Waals surface area contributed by atoms with E-state index in [0.29, 0.717) is 34.1 Å². The van der Waals surface area contributed by atoms with Crippen molar-refractivity contribution in [2.45, 2.75) is 13.3 Å². The number of nitrogens with zero attached hydrogens (tertiary/aromatic N) is 2. The maximum absolute atomic E-state index is 13.1. The Morgan fingerprint density at radius 2 is 2.03 bits per heavy atom. The molecule has 3 aromatic heterocycles. The number of aromatic amines is 1. The zero-order chi connectivity index (χ0) is 22.0. The fourth-order valence-corrected chi connectivity index (χ4v) is 3.56. The van der Waals surface area contributed by atoms with Crippen LogP contribution in [0.15, 0.2) is 51.8 Å². The van der Waals surface area contributed by atoms with Gasteiger partial charge in [0, 0.05) is 17.7 Å². The SMILES string of the molecule is Cc1oc(-c2ccc(F)cc2)nc1C(=O)COc1ccc(Cc2sc(=O)[nH]c2O)nc1. The standard InChI is InChI=1S/C21H16FN3O5S/c1-11-18(24-20(30-11)12-2-4-13(22)5-3-12)16(26)10-29-15-7-6-14(23-9-15)8-17-19(27)25-21(28)31-17/h2-7,9,27H,8,10H2,1H3,(H,25,28). The van der Waals surface area contributed by atoms with Crippen LogP contribution in [0.3, 0.4) is 0 Å².